The molecule has 1 amide bonds. The Hall–Kier alpha value is -1.65. The third kappa shape index (κ3) is 7.27. The number of fused-ring (bicyclic) bond motifs is 1. The Balaban J connectivity index is 1.83. The summed E-state index contributed by atoms with van der Waals surface area (Å²) in [4.78, 5) is 27.3. The van der Waals surface area contributed by atoms with Crippen molar-refractivity contribution in [1.29, 1.82) is 0 Å². The normalized spacial score (nSPS) is 27.4. The van der Waals surface area contributed by atoms with Crippen molar-refractivity contribution in [3.05, 3.63) is 10.1 Å². The molecule has 29 heavy (non-hydrogen) atoms. The minimum atomic E-state index is -0.823. The average molecular weight is 418 g/mol. The first-order valence-corrected chi connectivity index (χ1v) is 9.85. The first-order chi connectivity index (χ1) is 13.2. The van der Waals surface area contributed by atoms with E-state index in [-0.39, 0.29) is 24.2 Å². The van der Waals surface area contributed by atoms with Gasteiger partial charge in [-0.15, -0.1) is 10.1 Å². The zero-order valence-corrected chi connectivity index (χ0v) is 18.4. The zero-order chi connectivity index (χ0) is 22.0. The van der Waals surface area contributed by atoms with Crippen LogP contribution in [0.1, 0.15) is 54.9 Å². The highest BCUT2D eigenvalue weighted by Gasteiger charge is 2.50. The molecule has 0 radical (unpaired) electrons. The van der Waals surface area contributed by atoms with Crippen LogP contribution < -0.4 is 5.32 Å². The number of carbonyl (C=O) groups is 1. The van der Waals surface area contributed by atoms with Gasteiger partial charge in [-0.1, -0.05) is 13.8 Å². The van der Waals surface area contributed by atoms with E-state index in [4.69, 9.17) is 18.9 Å². The lowest BCUT2D eigenvalue weighted by molar-refractivity contribution is -0.769. The van der Waals surface area contributed by atoms with Crippen molar-refractivity contribution < 1.29 is 33.7 Å². The highest BCUT2D eigenvalue weighted by atomic mass is 17.0. The maximum absolute atomic E-state index is 12.1. The number of nitrogens with zero attached hydrogens (tertiary/aromatic N) is 1. The van der Waals surface area contributed by atoms with Crippen LogP contribution in [0.25, 0.3) is 0 Å². The second kappa shape index (κ2) is 8.61. The molecule has 0 unspecified atom stereocenters. The minimum absolute atomic E-state index is 0.104. The molecule has 10 nitrogen and oxygen atoms in total. The van der Waals surface area contributed by atoms with Gasteiger partial charge in [-0.05, 0) is 46.5 Å². The summed E-state index contributed by atoms with van der Waals surface area (Å²) >= 11 is 0. The van der Waals surface area contributed by atoms with Crippen LogP contribution in [-0.2, 0) is 23.8 Å². The van der Waals surface area contributed by atoms with E-state index < -0.39 is 34.5 Å². The van der Waals surface area contributed by atoms with Crippen molar-refractivity contribution in [1.82, 2.24) is 5.32 Å². The Labute approximate surface area is 171 Å². The van der Waals surface area contributed by atoms with Gasteiger partial charge < -0.3 is 29.1 Å². The lowest BCUT2D eigenvalue weighted by Gasteiger charge is -2.36. The summed E-state index contributed by atoms with van der Waals surface area (Å²) < 4.78 is 22.6. The lowest BCUT2D eigenvalue weighted by Crippen LogP contribution is -2.49. The van der Waals surface area contributed by atoms with Gasteiger partial charge in [0.1, 0.15) is 23.9 Å². The van der Waals surface area contributed by atoms with Crippen molar-refractivity contribution in [2.45, 2.75) is 90.4 Å². The quantitative estimate of drug-likeness (QED) is 0.472. The molecule has 2 aliphatic rings. The van der Waals surface area contributed by atoms with Crippen molar-refractivity contribution in [3.8, 4) is 0 Å². The van der Waals surface area contributed by atoms with Gasteiger partial charge >= 0.3 is 6.09 Å². The van der Waals surface area contributed by atoms with Crippen molar-refractivity contribution >= 4 is 6.09 Å². The number of ether oxygens (including phenoxy) is 4. The van der Waals surface area contributed by atoms with Crippen molar-refractivity contribution in [3.63, 3.8) is 0 Å². The first-order valence-electron chi connectivity index (χ1n) is 9.85. The van der Waals surface area contributed by atoms with E-state index in [0.717, 1.165) is 0 Å². The molecule has 2 saturated heterocycles. The minimum Gasteiger partial charge on any atom is -0.444 e. The topological polar surface area (TPSA) is 118 Å². The van der Waals surface area contributed by atoms with Crippen LogP contribution in [0, 0.1) is 15.5 Å². The summed E-state index contributed by atoms with van der Waals surface area (Å²) in [6, 6.07) is 0. The van der Waals surface area contributed by atoms with Crippen LogP contribution in [0.5, 0.6) is 0 Å². The van der Waals surface area contributed by atoms with Gasteiger partial charge in [0.25, 0.3) is 5.09 Å². The fraction of sp³-hybridized carbons (Fsp3) is 0.947. The van der Waals surface area contributed by atoms with Crippen molar-refractivity contribution in [2.75, 3.05) is 19.8 Å². The molecule has 168 valence electrons. The van der Waals surface area contributed by atoms with E-state index in [1.165, 1.54) is 0 Å². The molecule has 10 heteroatoms. The van der Waals surface area contributed by atoms with Gasteiger partial charge in [-0.2, -0.15) is 0 Å². The van der Waals surface area contributed by atoms with Gasteiger partial charge in [0, 0.05) is 5.54 Å². The third-order valence-electron chi connectivity index (χ3n) is 4.63. The van der Waals surface area contributed by atoms with Crippen LogP contribution in [0.4, 0.5) is 4.79 Å². The summed E-state index contributed by atoms with van der Waals surface area (Å²) in [6.07, 6.45) is -1.74. The molecular formula is C19H34N2O8. The number of alkyl carbamates (subject to hydrolysis) is 1. The lowest BCUT2D eigenvalue weighted by atomic mass is 9.80. The number of amides is 1. The first kappa shape index (κ1) is 23.6. The van der Waals surface area contributed by atoms with E-state index in [2.05, 4.69) is 10.2 Å². The number of nitrogens with one attached hydrogen (secondary N) is 1. The van der Waals surface area contributed by atoms with E-state index in [0.29, 0.717) is 19.6 Å². The van der Waals surface area contributed by atoms with Crippen molar-refractivity contribution in [2.24, 2.45) is 5.41 Å². The largest absolute Gasteiger partial charge is 0.444 e. The molecule has 2 heterocycles. The summed E-state index contributed by atoms with van der Waals surface area (Å²) in [6.45, 7) is 14.2. The van der Waals surface area contributed by atoms with Crippen LogP contribution in [0.3, 0.4) is 0 Å². The Kier molecular flexibility index (Phi) is 7.01. The fourth-order valence-electron chi connectivity index (χ4n) is 3.98. The second-order valence-corrected chi connectivity index (χ2v) is 10.2. The summed E-state index contributed by atoms with van der Waals surface area (Å²) in [5.74, 6) is 0. The van der Waals surface area contributed by atoms with E-state index in [1.807, 2.05) is 48.5 Å². The van der Waals surface area contributed by atoms with Crippen LogP contribution >= 0.6 is 0 Å². The van der Waals surface area contributed by atoms with E-state index in [1.54, 1.807) is 0 Å². The van der Waals surface area contributed by atoms with Crippen LogP contribution in [-0.4, -0.2) is 66.6 Å². The Bertz CT molecular complexity index is 602. The molecule has 0 aliphatic carbocycles. The van der Waals surface area contributed by atoms with Gasteiger partial charge in [-0.25, -0.2) is 4.79 Å². The molecule has 0 spiro atoms. The molecule has 2 aliphatic heterocycles. The average Bonchev–Trinajstić information content (AvgIpc) is 3.04. The van der Waals surface area contributed by atoms with Gasteiger partial charge in [0.2, 0.25) is 0 Å². The second-order valence-electron chi connectivity index (χ2n) is 10.2. The molecular weight excluding hydrogens is 384 g/mol. The maximum atomic E-state index is 12.1. The van der Waals surface area contributed by atoms with E-state index >= 15 is 0 Å². The van der Waals surface area contributed by atoms with Crippen LogP contribution in [0.15, 0.2) is 0 Å². The molecule has 0 aromatic heterocycles. The Morgan fingerprint density at radius 1 is 1.07 bits per heavy atom. The maximum Gasteiger partial charge on any atom is 0.408 e. The van der Waals surface area contributed by atoms with Crippen LogP contribution in [0.2, 0.25) is 0 Å². The monoisotopic (exact) mass is 418 g/mol. The SMILES string of the molecule is CC(C)(CO[C@@H]1CO[C@H]2[C@@H]1OC[C@@H]2O[N+](=O)[O-])CC(C)(C)NC(=O)OC(C)(C)C. The standard InChI is InChI=1S/C19H34N2O8/c1-17(2,3)28-16(22)20-19(6,7)10-18(4,5)11-27-12-8-25-15-13(29-21(23)24)9-26-14(12)15/h12-15H,8-11H2,1-7H3,(H,20,22)/t12-,13+,14-,15-/m1/s1. The third-order valence-corrected chi connectivity index (χ3v) is 4.63. The fourth-order valence-corrected chi connectivity index (χ4v) is 3.98. The van der Waals surface area contributed by atoms with Gasteiger partial charge in [0.05, 0.1) is 19.8 Å². The van der Waals surface area contributed by atoms with Gasteiger partial charge in [-0.3, -0.25) is 0 Å². The molecule has 2 fully saturated rings. The predicted octanol–water partition coefficient (Wildman–Crippen LogP) is 2.47. The number of carbonyl (C=O) groups excluding carboxylic acids is 1. The number of hydrogen-bond donors (Lipinski definition) is 1. The molecule has 4 atom stereocenters. The summed E-state index contributed by atoms with van der Waals surface area (Å²) in [5, 5.41) is 12.7. The molecule has 0 aromatic rings. The molecule has 2 rings (SSSR count). The summed E-state index contributed by atoms with van der Waals surface area (Å²) in [7, 11) is 0. The molecule has 0 aromatic carbocycles. The van der Waals surface area contributed by atoms with E-state index in [9.17, 15) is 14.9 Å². The molecule has 0 bridgehead atoms. The molecule has 0 saturated carbocycles. The smallest absolute Gasteiger partial charge is 0.408 e. The number of rotatable bonds is 8. The highest BCUT2D eigenvalue weighted by Crippen LogP contribution is 2.33. The predicted molar refractivity (Wildman–Crippen MR) is 103 cm³/mol. The zero-order valence-electron chi connectivity index (χ0n) is 18.4. The molecule has 1 N–H and O–H groups in total. The summed E-state index contributed by atoms with van der Waals surface area (Å²) in [5.41, 5.74) is -1.32. The van der Waals surface area contributed by atoms with Gasteiger partial charge in [0.15, 0.2) is 6.10 Å². The Morgan fingerprint density at radius 2 is 1.62 bits per heavy atom. The Morgan fingerprint density at radius 3 is 2.17 bits per heavy atom. The number of hydrogen-bond acceptors (Lipinski definition) is 8. The highest BCUT2D eigenvalue weighted by molar-refractivity contribution is 5.68.